The SMILES string of the molecule is N[C@@H](Cc1ccncc1)C(=O)SN[C@@H](Cc1cccc2ccccc12)C(=O)O. The molecule has 6 nitrogen and oxygen atoms in total. The Morgan fingerprint density at radius 3 is 2.50 bits per heavy atom. The molecule has 2 aromatic carbocycles. The summed E-state index contributed by atoms with van der Waals surface area (Å²) in [7, 11) is 0. The fourth-order valence-electron chi connectivity index (χ4n) is 2.93. The minimum Gasteiger partial charge on any atom is -0.480 e. The first-order chi connectivity index (χ1) is 13.5. The number of hydrogen-bond donors (Lipinski definition) is 3. The van der Waals surface area contributed by atoms with Gasteiger partial charge in [0.2, 0.25) is 5.12 Å². The highest BCUT2D eigenvalue weighted by molar-refractivity contribution is 8.12. The number of aliphatic carboxylic acids is 1. The molecule has 0 fully saturated rings. The molecular weight excluding hydrogens is 374 g/mol. The van der Waals surface area contributed by atoms with Crippen LogP contribution in [0.1, 0.15) is 11.1 Å². The summed E-state index contributed by atoms with van der Waals surface area (Å²) < 4.78 is 2.77. The second-order valence-corrected chi connectivity index (χ2v) is 7.28. The highest BCUT2D eigenvalue weighted by atomic mass is 32.2. The van der Waals surface area contributed by atoms with Crippen molar-refractivity contribution in [3.63, 3.8) is 0 Å². The largest absolute Gasteiger partial charge is 0.480 e. The summed E-state index contributed by atoms with van der Waals surface area (Å²) in [5.74, 6) is -1.02. The summed E-state index contributed by atoms with van der Waals surface area (Å²) in [6.07, 6.45) is 3.92. The number of rotatable bonds is 8. The quantitative estimate of drug-likeness (QED) is 0.503. The van der Waals surface area contributed by atoms with Gasteiger partial charge in [0.1, 0.15) is 6.04 Å². The molecule has 3 aromatic rings. The van der Waals surface area contributed by atoms with Gasteiger partial charge in [-0.05, 0) is 58.8 Å². The van der Waals surface area contributed by atoms with Crippen LogP contribution in [-0.4, -0.2) is 33.3 Å². The van der Waals surface area contributed by atoms with Crippen LogP contribution in [0.5, 0.6) is 0 Å². The van der Waals surface area contributed by atoms with Crippen molar-refractivity contribution in [1.82, 2.24) is 9.71 Å². The average Bonchev–Trinajstić information content (AvgIpc) is 2.71. The highest BCUT2D eigenvalue weighted by Crippen LogP contribution is 2.20. The van der Waals surface area contributed by atoms with Crippen LogP contribution >= 0.6 is 11.9 Å². The summed E-state index contributed by atoms with van der Waals surface area (Å²) in [6, 6.07) is 15.6. The number of pyridine rings is 1. The average molecular weight is 395 g/mol. The zero-order valence-corrected chi connectivity index (χ0v) is 15.9. The number of carbonyl (C=O) groups excluding carboxylic acids is 1. The fraction of sp³-hybridized carbons (Fsp3) is 0.190. The van der Waals surface area contributed by atoms with Crippen molar-refractivity contribution in [3.05, 3.63) is 78.1 Å². The van der Waals surface area contributed by atoms with Crippen LogP contribution in [0.3, 0.4) is 0 Å². The molecule has 0 spiro atoms. The number of carbonyl (C=O) groups is 2. The van der Waals surface area contributed by atoms with Crippen LogP contribution in [0.15, 0.2) is 67.0 Å². The number of aromatic nitrogens is 1. The predicted octanol–water partition coefficient (Wildman–Crippen LogP) is 2.56. The second kappa shape index (κ2) is 9.45. The van der Waals surface area contributed by atoms with E-state index >= 15 is 0 Å². The van der Waals surface area contributed by atoms with Crippen LogP contribution < -0.4 is 10.5 Å². The van der Waals surface area contributed by atoms with Crippen LogP contribution in [-0.2, 0) is 22.4 Å². The van der Waals surface area contributed by atoms with Crippen molar-refractivity contribution in [3.8, 4) is 0 Å². The molecule has 0 radical (unpaired) electrons. The van der Waals surface area contributed by atoms with Gasteiger partial charge in [0.25, 0.3) is 0 Å². The van der Waals surface area contributed by atoms with E-state index in [-0.39, 0.29) is 11.5 Å². The zero-order valence-electron chi connectivity index (χ0n) is 15.1. The predicted molar refractivity (Wildman–Crippen MR) is 111 cm³/mol. The molecule has 4 N–H and O–H groups in total. The van der Waals surface area contributed by atoms with Crippen molar-refractivity contribution in [2.45, 2.75) is 24.9 Å². The van der Waals surface area contributed by atoms with Crippen LogP contribution in [0.2, 0.25) is 0 Å². The van der Waals surface area contributed by atoms with Crippen molar-refractivity contribution in [1.29, 1.82) is 0 Å². The summed E-state index contributed by atoms with van der Waals surface area (Å²) in [4.78, 5) is 27.9. The lowest BCUT2D eigenvalue weighted by Gasteiger charge is -2.16. The van der Waals surface area contributed by atoms with E-state index in [9.17, 15) is 14.7 Å². The summed E-state index contributed by atoms with van der Waals surface area (Å²) >= 11 is 0.754. The van der Waals surface area contributed by atoms with E-state index in [1.54, 1.807) is 24.5 Å². The Morgan fingerprint density at radius 1 is 1.04 bits per heavy atom. The summed E-state index contributed by atoms with van der Waals surface area (Å²) in [6.45, 7) is 0. The van der Waals surface area contributed by atoms with Gasteiger partial charge in [0, 0.05) is 12.4 Å². The van der Waals surface area contributed by atoms with Crippen molar-refractivity contribution in [2.75, 3.05) is 0 Å². The van der Waals surface area contributed by atoms with Gasteiger partial charge in [-0.1, -0.05) is 42.5 Å². The molecule has 7 heteroatoms. The molecule has 144 valence electrons. The van der Waals surface area contributed by atoms with Crippen molar-refractivity contribution >= 4 is 33.8 Å². The molecule has 0 bridgehead atoms. The molecule has 0 saturated heterocycles. The number of carboxylic acids is 1. The zero-order chi connectivity index (χ0) is 19.9. The van der Waals surface area contributed by atoms with E-state index < -0.39 is 18.1 Å². The molecule has 2 atom stereocenters. The van der Waals surface area contributed by atoms with Crippen LogP contribution in [0, 0.1) is 0 Å². The van der Waals surface area contributed by atoms with Gasteiger partial charge in [-0.3, -0.25) is 14.6 Å². The lowest BCUT2D eigenvalue weighted by atomic mass is 9.99. The third-order valence-electron chi connectivity index (χ3n) is 4.41. The van der Waals surface area contributed by atoms with Crippen LogP contribution in [0.25, 0.3) is 10.8 Å². The Morgan fingerprint density at radius 2 is 1.75 bits per heavy atom. The molecule has 0 amide bonds. The topological polar surface area (TPSA) is 105 Å². The number of nitrogens with two attached hydrogens (primary N) is 1. The molecule has 0 saturated carbocycles. The molecule has 0 aliphatic carbocycles. The van der Waals surface area contributed by atoms with Crippen LogP contribution in [0.4, 0.5) is 0 Å². The van der Waals surface area contributed by atoms with E-state index in [0.29, 0.717) is 6.42 Å². The molecule has 1 heterocycles. The monoisotopic (exact) mass is 395 g/mol. The number of nitrogens with zero attached hydrogens (tertiary/aromatic N) is 1. The maximum absolute atomic E-state index is 12.3. The van der Waals surface area contributed by atoms with E-state index in [1.807, 2.05) is 42.5 Å². The molecule has 0 unspecified atom stereocenters. The molecule has 3 rings (SSSR count). The van der Waals surface area contributed by atoms with Gasteiger partial charge in [0.05, 0.1) is 6.04 Å². The lowest BCUT2D eigenvalue weighted by Crippen LogP contribution is -2.38. The first-order valence-electron chi connectivity index (χ1n) is 8.84. The third-order valence-corrected chi connectivity index (χ3v) is 5.32. The number of nitrogens with one attached hydrogen (secondary N) is 1. The van der Waals surface area contributed by atoms with Gasteiger partial charge >= 0.3 is 5.97 Å². The number of benzene rings is 2. The van der Waals surface area contributed by atoms with E-state index in [4.69, 9.17) is 5.73 Å². The van der Waals surface area contributed by atoms with Gasteiger partial charge in [0.15, 0.2) is 0 Å². The maximum Gasteiger partial charge on any atom is 0.321 e. The first kappa shape index (κ1) is 20.0. The Labute approximate surface area is 167 Å². The smallest absolute Gasteiger partial charge is 0.321 e. The number of carboxylic acid groups (broad SMARTS) is 1. The fourth-order valence-corrected chi connectivity index (χ4v) is 3.61. The van der Waals surface area contributed by atoms with Gasteiger partial charge < -0.3 is 10.8 Å². The molecular formula is C21H21N3O3S. The molecule has 1 aromatic heterocycles. The normalized spacial score (nSPS) is 13.2. The molecule has 0 aliphatic rings. The Bertz CT molecular complexity index is 960. The van der Waals surface area contributed by atoms with E-state index in [1.165, 1.54) is 0 Å². The maximum atomic E-state index is 12.3. The Kier molecular flexibility index (Phi) is 6.76. The van der Waals surface area contributed by atoms with E-state index in [2.05, 4.69) is 9.71 Å². The van der Waals surface area contributed by atoms with Crippen molar-refractivity contribution < 1.29 is 14.7 Å². The second-order valence-electron chi connectivity index (χ2n) is 6.44. The van der Waals surface area contributed by atoms with Gasteiger partial charge in [-0.2, -0.15) is 0 Å². The standard InChI is InChI=1S/C21H21N3O3S/c22-18(12-14-8-10-23-11-9-14)21(27)28-24-19(20(25)26)13-16-6-3-5-15-4-1-2-7-17(15)16/h1-11,18-19,24H,12-13,22H2,(H,25,26)/t18-,19-/m0/s1. The Balaban J connectivity index is 1.63. The Hall–Kier alpha value is -2.74. The highest BCUT2D eigenvalue weighted by Gasteiger charge is 2.22. The third kappa shape index (κ3) is 5.16. The van der Waals surface area contributed by atoms with Gasteiger partial charge in [-0.15, -0.1) is 0 Å². The first-order valence-corrected chi connectivity index (χ1v) is 9.66. The number of hydrogen-bond acceptors (Lipinski definition) is 6. The summed E-state index contributed by atoms with van der Waals surface area (Å²) in [5.41, 5.74) is 7.77. The van der Waals surface area contributed by atoms with E-state index in [0.717, 1.165) is 33.8 Å². The number of fused-ring (bicyclic) bond motifs is 1. The minimum absolute atomic E-state index is 0.260. The molecule has 0 aliphatic heterocycles. The molecule has 28 heavy (non-hydrogen) atoms. The summed E-state index contributed by atoms with van der Waals surface area (Å²) in [5, 5.41) is 11.3. The van der Waals surface area contributed by atoms with Crippen molar-refractivity contribution in [2.24, 2.45) is 5.73 Å². The minimum atomic E-state index is -1.02. The lowest BCUT2D eigenvalue weighted by molar-refractivity contribution is -0.138. The van der Waals surface area contributed by atoms with Gasteiger partial charge in [-0.25, -0.2) is 4.72 Å².